The van der Waals surface area contributed by atoms with E-state index in [1.165, 1.54) is 11.1 Å². The minimum Gasteiger partial charge on any atom is -0.337 e. The third-order valence-electron chi connectivity index (χ3n) is 4.62. The number of nitrogens with zero attached hydrogens (tertiary/aromatic N) is 4. The van der Waals surface area contributed by atoms with E-state index in [2.05, 4.69) is 85.2 Å². The van der Waals surface area contributed by atoms with Crippen LogP contribution in [0.5, 0.6) is 0 Å². The van der Waals surface area contributed by atoms with Gasteiger partial charge in [0, 0.05) is 37.1 Å². The molecule has 2 aromatic carbocycles. The van der Waals surface area contributed by atoms with Gasteiger partial charge in [0.05, 0.1) is 0 Å². The van der Waals surface area contributed by atoms with Crippen molar-refractivity contribution in [1.82, 2.24) is 9.97 Å². The lowest BCUT2D eigenvalue weighted by Crippen LogP contribution is -2.26. The van der Waals surface area contributed by atoms with Crippen LogP contribution >= 0.6 is 0 Å². The van der Waals surface area contributed by atoms with E-state index in [1.807, 2.05) is 13.0 Å². The molecular formula is C23H28N4. The Balaban J connectivity index is 1.94. The Hall–Kier alpha value is -2.88. The average Bonchev–Trinajstić information content (AvgIpc) is 2.67. The van der Waals surface area contributed by atoms with Crippen LogP contribution in [-0.2, 0) is 6.54 Å². The maximum Gasteiger partial charge on any atom is 0.227 e. The number of aryl methyl sites for hydroxylation is 2. The topological polar surface area (TPSA) is 32.3 Å². The number of hydrogen-bond donors (Lipinski definition) is 0. The summed E-state index contributed by atoms with van der Waals surface area (Å²) in [5.74, 6) is 1.72. The van der Waals surface area contributed by atoms with Crippen molar-refractivity contribution in [2.24, 2.45) is 0 Å². The van der Waals surface area contributed by atoms with Gasteiger partial charge in [-0.15, -0.1) is 0 Å². The molecule has 3 rings (SSSR count). The van der Waals surface area contributed by atoms with E-state index in [-0.39, 0.29) is 0 Å². The molecule has 27 heavy (non-hydrogen) atoms. The quantitative estimate of drug-likeness (QED) is 0.574. The van der Waals surface area contributed by atoms with Crippen LogP contribution in [0, 0.1) is 13.8 Å². The first-order chi connectivity index (χ1) is 13.1. The van der Waals surface area contributed by atoms with Crippen LogP contribution in [0.2, 0.25) is 0 Å². The van der Waals surface area contributed by atoms with Crippen molar-refractivity contribution in [3.05, 3.63) is 77.5 Å². The maximum atomic E-state index is 4.92. The molecule has 0 N–H and O–H groups in total. The van der Waals surface area contributed by atoms with Gasteiger partial charge in [-0.05, 0) is 51.0 Å². The fourth-order valence-electron chi connectivity index (χ4n) is 3.22. The van der Waals surface area contributed by atoms with Crippen LogP contribution in [0.15, 0.2) is 60.7 Å². The largest absolute Gasteiger partial charge is 0.337 e. The van der Waals surface area contributed by atoms with Crippen LogP contribution in [0.25, 0.3) is 0 Å². The van der Waals surface area contributed by atoms with E-state index in [9.17, 15) is 0 Å². The molecule has 0 unspecified atom stereocenters. The van der Waals surface area contributed by atoms with Crippen molar-refractivity contribution in [2.75, 3.05) is 22.9 Å². The molecule has 0 bridgehead atoms. The van der Waals surface area contributed by atoms with Crippen molar-refractivity contribution in [2.45, 2.75) is 34.2 Å². The van der Waals surface area contributed by atoms with Crippen molar-refractivity contribution < 1.29 is 0 Å². The van der Waals surface area contributed by atoms with Crippen molar-refractivity contribution in [3.8, 4) is 0 Å². The molecule has 1 aromatic heterocycles. The summed E-state index contributed by atoms with van der Waals surface area (Å²) in [7, 11) is 0. The molecule has 0 aliphatic heterocycles. The summed E-state index contributed by atoms with van der Waals surface area (Å²) < 4.78 is 0. The monoisotopic (exact) mass is 360 g/mol. The molecule has 0 saturated carbocycles. The third-order valence-corrected chi connectivity index (χ3v) is 4.62. The molecule has 0 aliphatic carbocycles. The summed E-state index contributed by atoms with van der Waals surface area (Å²) >= 11 is 0. The first-order valence-corrected chi connectivity index (χ1v) is 9.59. The van der Waals surface area contributed by atoms with Gasteiger partial charge in [0.2, 0.25) is 5.95 Å². The second kappa shape index (κ2) is 8.67. The predicted octanol–water partition coefficient (Wildman–Crippen LogP) is 5.28. The van der Waals surface area contributed by atoms with Crippen molar-refractivity contribution >= 4 is 17.5 Å². The van der Waals surface area contributed by atoms with Crippen LogP contribution < -0.4 is 9.80 Å². The van der Waals surface area contributed by atoms with E-state index in [0.29, 0.717) is 0 Å². The van der Waals surface area contributed by atoms with Crippen molar-refractivity contribution in [3.63, 3.8) is 0 Å². The smallest absolute Gasteiger partial charge is 0.227 e. The number of anilines is 3. The Labute approximate surface area is 162 Å². The predicted molar refractivity (Wildman–Crippen MR) is 114 cm³/mol. The molecule has 4 nitrogen and oxygen atoms in total. The Bertz CT molecular complexity index is 877. The van der Waals surface area contributed by atoms with Gasteiger partial charge >= 0.3 is 0 Å². The van der Waals surface area contributed by atoms with Crippen LogP contribution in [0.1, 0.15) is 30.7 Å². The molecule has 0 fully saturated rings. The van der Waals surface area contributed by atoms with Gasteiger partial charge in [0.1, 0.15) is 5.82 Å². The van der Waals surface area contributed by atoms with Crippen molar-refractivity contribution in [1.29, 1.82) is 0 Å². The van der Waals surface area contributed by atoms with Gasteiger partial charge < -0.3 is 9.80 Å². The summed E-state index contributed by atoms with van der Waals surface area (Å²) in [4.78, 5) is 14.1. The van der Waals surface area contributed by atoms with Gasteiger partial charge in [-0.2, -0.15) is 4.98 Å². The Morgan fingerprint density at radius 3 is 2.26 bits per heavy atom. The molecule has 3 aromatic rings. The molecule has 0 amide bonds. The van der Waals surface area contributed by atoms with E-state index < -0.39 is 0 Å². The van der Waals surface area contributed by atoms with Gasteiger partial charge in [-0.1, -0.05) is 42.5 Å². The van der Waals surface area contributed by atoms with Gasteiger partial charge in [0.15, 0.2) is 0 Å². The van der Waals surface area contributed by atoms with Gasteiger partial charge in [-0.25, -0.2) is 4.98 Å². The number of aromatic nitrogens is 2. The zero-order valence-corrected chi connectivity index (χ0v) is 16.7. The second-order valence-electron chi connectivity index (χ2n) is 6.75. The molecule has 4 heteroatoms. The molecule has 140 valence electrons. The highest BCUT2D eigenvalue weighted by Gasteiger charge is 2.15. The molecule has 1 heterocycles. The fraction of sp³-hybridized carbons (Fsp3) is 0.304. The van der Waals surface area contributed by atoms with E-state index in [0.717, 1.165) is 42.8 Å². The highest BCUT2D eigenvalue weighted by atomic mass is 15.3. The number of rotatable bonds is 7. The second-order valence-corrected chi connectivity index (χ2v) is 6.75. The standard InChI is InChI=1S/C23H28N4/c1-5-26(17-20-12-8-7-9-13-20)23-24-19(4)16-22(25-23)27(6-2)21-14-10-11-18(3)15-21/h7-16H,5-6,17H2,1-4H3. The van der Waals surface area contributed by atoms with Crippen LogP contribution in [0.3, 0.4) is 0 Å². The molecule has 0 spiro atoms. The summed E-state index contributed by atoms with van der Waals surface area (Å²) in [5, 5.41) is 0. The summed E-state index contributed by atoms with van der Waals surface area (Å²) in [6, 6.07) is 21.1. The Kier molecular flexibility index (Phi) is 6.07. The fourth-order valence-corrected chi connectivity index (χ4v) is 3.22. The minimum absolute atomic E-state index is 0.780. The first-order valence-electron chi connectivity index (χ1n) is 9.59. The lowest BCUT2D eigenvalue weighted by atomic mass is 10.2. The normalized spacial score (nSPS) is 10.7. The minimum atomic E-state index is 0.780. The van der Waals surface area contributed by atoms with Gasteiger partial charge in [-0.3, -0.25) is 0 Å². The third kappa shape index (κ3) is 4.64. The number of benzene rings is 2. The zero-order valence-electron chi connectivity index (χ0n) is 16.7. The summed E-state index contributed by atoms with van der Waals surface area (Å²) in [6.45, 7) is 11.0. The summed E-state index contributed by atoms with van der Waals surface area (Å²) in [5.41, 5.74) is 4.65. The maximum absolute atomic E-state index is 4.92. The number of hydrogen-bond acceptors (Lipinski definition) is 4. The summed E-state index contributed by atoms with van der Waals surface area (Å²) in [6.07, 6.45) is 0. The molecule has 0 aliphatic rings. The zero-order chi connectivity index (χ0) is 19.2. The lowest BCUT2D eigenvalue weighted by molar-refractivity contribution is 0.784. The highest BCUT2D eigenvalue weighted by molar-refractivity contribution is 5.62. The molecule has 0 saturated heterocycles. The highest BCUT2D eigenvalue weighted by Crippen LogP contribution is 2.26. The van der Waals surface area contributed by atoms with E-state index in [4.69, 9.17) is 9.97 Å². The lowest BCUT2D eigenvalue weighted by Gasteiger charge is -2.26. The van der Waals surface area contributed by atoms with Crippen LogP contribution in [0.4, 0.5) is 17.5 Å². The van der Waals surface area contributed by atoms with Gasteiger partial charge in [0.25, 0.3) is 0 Å². The first kappa shape index (κ1) is 18.9. The average molecular weight is 361 g/mol. The Morgan fingerprint density at radius 2 is 1.59 bits per heavy atom. The SMILES string of the molecule is CCN(Cc1ccccc1)c1nc(C)cc(N(CC)c2cccc(C)c2)n1. The van der Waals surface area contributed by atoms with E-state index >= 15 is 0 Å². The van der Waals surface area contributed by atoms with Crippen LogP contribution in [-0.4, -0.2) is 23.1 Å². The Morgan fingerprint density at radius 1 is 0.815 bits per heavy atom. The van der Waals surface area contributed by atoms with E-state index in [1.54, 1.807) is 0 Å². The molecular weight excluding hydrogens is 332 g/mol. The molecule has 0 radical (unpaired) electrons. The molecule has 0 atom stereocenters.